The molecule has 4 rings (SSSR count). The Morgan fingerprint density at radius 3 is 2.31 bits per heavy atom. The number of hydrogen-bond acceptors (Lipinski definition) is 0. The van der Waals surface area contributed by atoms with Gasteiger partial charge in [0.15, 0.2) is 0 Å². The van der Waals surface area contributed by atoms with Gasteiger partial charge in [0.05, 0.1) is 0 Å². The molecule has 4 aliphatic carbocycles. The lowest BCUT2D eigenvalue weighted by Crippen LogP contribution is -2.44. The number of rotatable bonds is 1. The summed E-state index contributed by atoms with van der Waals surface area (Å²) in [5, 5.41) is 0. The summed E-state index contributed by atoms with van der Waals surface area (Å²) in [5.74, 6) is 6.10. The van der Waals surface area contributed by atoms with Gasteiger partial charge >= 0.3 is 0 Å². The second-order valence-electron chi connectivity index (χ2n) is 7.46. The highest BCUT2D eigenvalue weighted by Gasteiger charge is 2.91. The molecule has 4 fully saturated rings. The maximum Gasteiger partial charge on any atom is -0.0224 e. The third-order valence-corrected chi connectivity index (χ3v) is 5.65. The summed E-state index contributed by atoms with van der Waals surface area (Å²) in [6.07, 6.45) is 4.77. The standard InChI is InChI=1S/C13H20/c1-12(2,3)4-7-5-13-6-8-9(7)11(13)10(8)13/h7-11H,4-6H2,1-3H3. The van der Waals surface area contributed by atoms with Crippen molar-refractivity contribution in [3.8, 4) is 0 Å². The topological polar surface area (TPSA) is 0 Å². The van der Waals surface area contributed by atoms with Crippen molar-refractivity contribution in [3.63, 3.8) is 0 Å². The zero-order chi connectivity index (χ0) is 9.01. The second kappa shape index (κ2) is 1.61. The molecular formula is C13H20. The van der Waals surface area contributed by atoms with Crippen LogP contribution >= 0.6 is 0 Å². The average Bonchev–Trinajstić information content (AvgIpc) is 2.22. The van der Waals surface area contributed by atoms with Crippen LogP contribution in [-0.2, 0) is 0 Å². The molecule has 0 saturated heterocycles. The molecule has 6 atom stereocenters. The number of fused-ring (bicyclic) bond motifs is 1. The molecule has 13 heavy (non-hydrogen) atoms. The van der Waals surface area contributed by atoms with Crippen molar-refractivity contribution in [1.29, 1.82) is 0 Å². The Balaban J connectivity index is 1.55. The van der Waals surface area contributed by atoms with Gasteiger partial charge in [0.2, 0.25) is 0 Å². The van der Waals surface area contributed by atoms with Crippen molar-refractivity contribution in [1.82, 2.24) is 0 Å². The van der Waals surface area contributed by atoms with E-state index in [1.54, 1.807) is 12.8 Å². The largest absolute Gasteiger partial charge is 0.0602 e. The number of hydrogen-bond donors (Lipinski definition) is 0. The van der Waals surface area contributed by atoms with Crippen LogP contribution in [0.25, 0.3) is 0 Å². The maximum absolute atomic E-state index is 2.41. The van der Waals surface area contributed by atoms with Crippen LogP contribution in [0.1, 0.15) is 40.0 Å². The van der Waals surface area contributed by atoms with Gasteiger partial charge in [-0.15, -0.1) is 0 Å². The first-order valence-electron chi connectivity index (χ1n) is 6.03. The summed E-state index contributed by atoms with van der Waals surface area (Å²) in [6.45, 7) is 7.24. The van der Waals surface area contributed by atoms with E-state index in [0.29, 0.717) is 5.41 Å². The molecule has 72 valence electrons. The van der Waals surface area contributed by atoms with E-state index in [0.717, 1.165) is 11.3 Å². The van der Waals surface area contributed by atoms with Crippen molar-refractivity contribution >= 4 is 0 Å². The zero-order valence-corrected chi connectivity index (χ0v) is 9.01. The lowest BCUT2D eigenvalue weighted by atomic mass is 9.54. The first-order chi connectivity index (χ1) is 6.03. The van der Waals surface area contributed by atoms with Crippen LogP contribution in [0.3, 0.4) is 0 Å². The molecule has 0 N–H and O–H groups in total. The Morgan fingerprint density at radius 2 is 1.92 bits per heavy atom. The summed E-state index contributed by atoms with van der Waals surface area (Å²) >= 11 is 0. The molecule has 0 aromatic rings. The molecule has 0 heterocycles. The Bertz CT molecular complexity index is 285. The van der Waals surface area contributed by atoms with E-state index in [1.165, 1.54) is 30.1 Å². The predicted octanol–water partition coefficient (Wildman–Crippen LogP) is 3.32. The van der Waals surface area contributed by atoms with E-state index < -0.39 is 0 Å². The van der Waals surface area contributed by atoms with Crippen LogP contribution < -0.4 is 0 Å². The minimum Gasteiger partial charge on any atom is -0.0602 e. The Kier molecular flexibility index (Phi) is 0.907. The van der Waals surface area contributed by atoms with Gasteiger partial charge in [0.25, 0.3) is 0 Å². The summed E-state index contributed by atoms with van der Waals surface area (Å²) in [5.41, 5.74) is 1.56. The van der Waals surface area contributed by atoms with Crippen LogP contribution in [0.4, 0.5) is 0 Å². The van der Waals surface area contributed by atoms with Gasteiger partial charge < -0.3 is 0 Å². The van der Waals surface area contributed by atoms with Gasteiger partial charge in [-0.2, -0.15) is 0 Å². The normalized spacial score (nSPS) is 65.3. The quantitative estimate of drug-likeness (QED) is 0.575. The van der Waals surface area contributed by atoms with Gasteiger partial charge in [-0.25, -0.2) is 0 Å². The molecule has 0 aromatic heterocycles. The van der Waals surface area contributed by atoms with Crippen LogP contribution in [-0.4, -0.2) is 0 Å². The lowest BCUT2D eigenvalue weighted by Gasteiger charge is -2.50. The highest BCUT2D eigenvalue weighted by atomic mass is 14.9. The third-order valence-electron chi connectivity index (χ3n) is 5.65. The first kappa shape index (κ1) is 7.31. The molecule has 0 nitrogen and oxygen atoms in total. The fraction of sp³-hybridized carbons (Fsp3) is 1.00. The summed E-state index contributed by atoms with van der Waals surface area (Å²) < 4.78 is 0. The van der Waals surface area contributed by atoms with Crippen LogP contribution in [0.2, 0.25) is 0 Å². The van der Waals surface area contributed by atoms with E-state index in [-0.39, 0.29) is 0 Å². The Labute approximate surface area is 81.1 Å². The van der Waals surface area contributed by atoms with Crippen molar-refractivity contribution in [2.45, 2.75) is 40.0 Å². The van der Waals surface area contributed by atoms with Crippen molar-refractivity contribution < 1.29 is 0 Å². The molecule has 4 saturated carbocycles. The van der Waals surface area contributed by atoms with Gasteiger partial charge in [0.1, 0.15) is 0 Å². The van der Waals surface area contributed by atoms with Gasteiger partial charge in [0, 0.05) is 0 Å². The van der Waals surface area contributed by atoms with E-state index >= 15 is 0 Å². The Morgan fingerprint density at radius 1 is 1.15 bits per heavy atom. The van der Waals surface area contributed by atoms with Gasteiger partial charge in [-0.05, 0) is 59.7 Å². The molecule has 0 aliphatic heterocycles. The Hall–Kier alpha value is 0. The molecule has 0 radical (unpaired) electrons. The molecule has 0 bridgehead atoms. The molecule has 0 amide bonds. The zero-order valence-electron chi connectivity index (χ0n) is 9.01. The van der Waals surface area contributed by atoms with E-state index in [9.17, 15) is 0 Å². The maximum atomic E-state index is 2.41. The fourth-order valence-corrected chi connectivity index (χ4v) is 5.66. The molecule has 4 aliphatic rings. The predicted molar refractivity (Wildman–Crippen MR) is 53.2 cm³/mol. The monoisotopic (exact) mass is 176 g/mol. The van der Waals surface area contributed by atoms with Crippen LogP contribution in [0.15, 0.2) is 0 Å². The lowest BCUT2D eigenvalue weighted by molar-refractivity contribution is -0.0192. The molecule has 0 heteroatoms. The minimum atomic E-state index is 0.579. The van der Waals surface area contributed by atoms with E-state index in [2.05, 4.69) is 20.8 Å². The van der Waals surface area contributed by atoms with Crippen molar-refractivity contribution in [2.75, 3.05) is 0 Å². The highest BCUT2D eigenvalue weighted by Crippen LogP contribution is 2.96. The van der Waals surface area contributed by atoms with Crippen molar-refractivity contribution in [3.05, 3.63) is 0 Å². The van der Waals surface area contributed by atoms with Crippen LogP contribution in [0, 0.1) is 40.4 Å². The van der Waals surface area contributed by atoms with Gasteiger partial charge in [-0.1, -0.05) is 20.8 Å². The summed E-state index contributed by atoms with van der Waals surface area (Å²) in [6, 6.07) is 0. The SMILES string of the molecule is CC(C)(C)CC1CC23CC4C1C2C43. The van der Waals surface area contributed by atoms with Crippen LogP contribution in [0.5, 0.6) is 0 Å². The van der Waals surface area contributed by atoms with E-state index in [4.69, 9.17) is 0 Å². The average molecular weight is 176 g/mol. The molecule has 6 unspecified atom stereocenters. The summed E-state index contributed by atoms with van der Waals surface area (Å²) in [4.78, 5) is 0. The molecule has 0 aromatic carbocycles. The fourth-order valence-electron chi connectivity index (χ4n) is 5.66. The summed E-state index contributed by atoms with van der Waals surface area (Å²) in [7, 11) is 0. The smallest absolute Gasteiger partial charge is 0.0224 e. The molecular weight excluding hydrogens is 156 g/mol. The second-order valence-corrected chi connectivity index (χ2v) is 7.46. The molecule has 1 spiro atoms. The van der Waals surface area contributed by atoms with Gasteiger partial charge in [-0.3, -0.25) is 0 Å². The van der Waals surface area contributed by atoms with E-state index in [1.807, 2.05) is 0 Å². The third kappa shape index (κ3) is 0.593. The highest BCUT2D eigenvalue weighted by molar-refractivity contribution is 5.38. The van der Waals surface area contributed by atoms with Crippen molar-refractivity contribution in [2.24, 2.45) is 40.4 Å². The minimum absolute atomic E-state index is 0.579. The first-order valence-corrected chi connectivity index (χ1v) is 6.03.